The predicted molar refractivity (Wildman–Crippen MR) is 64.0 cm³/mol. The largest absolute Gasteiger partial charge is 0.327 e. The maximum absolute atomic E-state index is 11.9. The van der Waals surface area contributed by atoms with Crippen LogP contribution in [0.2, 0.25) is 0 Å². The first-order chi connectivity index (χ1) is 7.63. The van der Waals surface area contributed by atoms with Crippen LogP contribution in [-0.4, -0.2) is 39.8 Å². The average molecular weight is 242 g/mol. The van der Waals surface area contributed by atoms with E-state index in [1.165, 1.54) is 4.90 Å². The lowest BCUT2D eigenvalue weighted by Gasteiger charge is -2.14. The molecular weight excluding hydrogens is 224 g/mol. The molecule has 2 amide bonds. The van der Waals surface area contributed by atoms with Crippen molar-refractivity contribution in [2.75, 3.05) is 5.75 Å². The Hall–Kier alpha value is -0.550. The van der Waals surface area contributed by atoms with Crippen LogP contribution in [0, 0.1) is 0 Å². The summed E-state index contributed by atoms with van der Waals surface area (Å²) in [6.07, 6.45) is 3.26. The number of imide groups is 1. The minimum Gasteiger partial charge on any atom is -0.327 e. The van der Waals surface area contributed by atoms with Crippen molar-refractivity contribution in [1.82, 2.24) is 4.90 Å². The van der Waals surface area contributed by atoms with Gasteiger partial charge in [0.25, 0.3) is 0 Å². The fourth-order valence-electron chi connectivity index (χ4n) is 1.83. The predicted octanol–water partition coefficient (Wildman–Crippen LogP) is 0.747. The Morgan fingerprint density at radius 1 is 1.50 bits per heavy atom. The number of hydrogen-bond donors (Lipinski definition) is 1. The quantitative estimate of drug-likeness (QED) is 0.723. The first kappa shape index (κ1) is 11.9. The monoisotopic (exact) mass is 242 g/mol. The van der Waals surface area contributed by atoms with E-state index in [0.717, 1.165) is 25.0 Å². The smallest absolute Gasteiger partial charge is 0.243 e. The Kier molecular flexibility index (Phi) is 3.54. The number of carbonyl (C=O) groups excluding carboxylic acids is 2. The van der Waals surface area contributed by atoms with Gasteiger partial charge >= 0.3 is 0 Å². The maximum atomic E-state index is 11.9. The molecule has 1 heterocycles. The number of thioether (sulfide) groups is 1. The summed E-state index contributed by atoms with van der Waals surface area (Å²) in [5, 5.41) is -0.175. The lowest BCUT2D eigenvalue weighted by atomic mass is 10.3. The summed E-state index contributed by atoms with van der Waals surface area (Å²) in [6, 6.07) is 0.341. The fraction of sp³-hybridized carbons (Fsp3) is 0.818. The van der Waals surface area contributed by atoms with Gasteiger partial charge in [0.05, 0.1) is 5.25 Å². The SMILES string of the molecule is CCC(N)CSC1CC(=O)N(C2CC2)C1=O. The van der Waals surface area contributed by atoms with Gasteiger partial charge in [-0.05, 0) is 19.3 Å². The maximum Gasteiger partial charge on any atom is 0.243 e. The molecule has 90 valence electrons. The lowest BCUT2D eigenvalue weighted by Crippen LogP contribution is -2.33. The van der Waals surface area contributed by atoms with E-state index < -0.39 is 0 Å². The summed E-state index contributed by atoms with van der Waals surface area (Å²) in [5.41, 5.74) is 5.81. The van der Waals surface area contributed by atoms with Crippen molar-refractivity contribution in [3.8, 4) is 0 Å². The summed E-state index contributed by atoms with van der Waals surface area (Å²) < 4.78 is 0. The zero-order valence-corrected chi connectivity index (χ0v) is 10.3. The molecule has 2 N–H and O–H groups in total. The minimum atomic E-state index is -0.175. The van der Waals surface area contributed by atoms with Gasteiger partial charge in [0.2, 0.25) is 11.8 Å². The van der Waals surface area contributed by atoms with Crippen LogP contribution in [0.4, 0.5) is 0 Å². The first-order valence-electron chi connectivity index (χ1n) is 5.86. The molecule has 2 fully saturated rings. The van der Waals surface area contributed by atoms with Gasteiger partial charge < -0.3 is 5.73 Å². The van der Waals surface area contributed by atoms with Crippen LogP contribution in [0.3, 0.4) is 0 Å². The number of rotatable bonds is 5. The van der Waals surface area contributed by atoms with Crippen molar-refractivity contribution in [2.24, 2.45) is 5.73 Å². The average Bonchev–Trinajstić information content (AvgIpc) is 3.04. The van der Waals surface area contributed by atoms with E-state index in [9.17, 15) is 9.59 Å². The third kappa shape index (κ3) is 2.40. The molecular formula is C11H18N2O2S. The zero-order chi connectivity index (χ0) is 11.7. The molecule has 1 saturated carbocycles. The summed E-state index contributed by atoms with van der Waals surface area (Å²) in [5.74, 6) is 0.787. The molecule has 2 rings (SSSR count). The second kappa shape index (κ2) is 4.75. The highest BCUT2D eigenvalue weighted by atomic mass is 32.2. The van der Waals surface area contributed by atoms with Gasteiger partial charge in [0, 0.05) is 24.3 Å². The molecule has 0 aromatic rings. The van der Waals surface area contributed by atoms with Gasteiger partial charge in [-0.2, -0.15) is 0 Å². The molecule has 1 saturated heterocycles. The van der Waals surface area contributed by atoms with Crippen LogP contribution in [-0.2, 0) is 9.59 Å². The summed E-state index contributed by atoms with van der Waals surface area (Å²) in [7, 11) is 0. The molecule has 16 heavy (non-hydrogen) atoms. The van der Waals surface area contributed by atoms with Crippen molar-refractivity contribution in [3.05, 3.63) is 0 Å². The van der Waals surface area contributed by atoms with Crippen molar-refractivity contribution < 1.29 is 9.59 Å². The highest BCUT2D eigenvalue weighted by Gasteiger charge is 2.46. The van der Waals surface area contributed by atoms with Crippen LogP contribution >= 0.6 is 11.8 Å². The van der Waals surface area contributed by atoms with Crippen molar-refractivity contribution in [3.63, 3.8) is 0 Å². The van der Waals surface area contributed by atoms with Gasteiger partial charge in [-0.3, -0.25) is 14.5 Å². The summed E-state index contributed by atoms with van der Waals surface area (Å²) >= 11 is 1.54. The molecule has 0 radical (unpaired) electrons. The Morgan fingerprint density at radius 3 is 2.75 bits per heavy atom. The molecule has 1 aliphatic heterocycles. The number of nitrogens with two attached hydrogens (primary N) is 1. The van der Waals surface area contributed by atoms with Crippen LogP contribution in [0.25, 0.3) is 0 Å². The molecule has 5 heteroatoms. The Balaban J connectivity index is 1.87. The van der Waals surface area contributed by atoms with Gasteiger partial charge in [-0.1, -0.05) is 6.92 Å². The van der Waals surface area contributed by atoms with E-state index in [1.807, 2.05) is 6.92 Å². The van der Waals surface area contributed by atoms with Gasteiger partial charge in [0.1, 0.15) is 0 Å². The van der Waals surface area contributed by atoms with E-state index in [4.69, 9.17) is 5.73 Å². The fourth-order valence-corrected chi connectivity index (χ4v) is 3.06. The second-order valence-corrected chi connectivity index (χ2v) is 5.76. The van der Waals surface area contributed by atoms with E-state index in [2.05, 4.69) is 0 Å². The van der Waals surface area contributed by atoms with Crippen molar-refractivity contribution >= 4 is 23.6 Å². The topological polar surface area (TPSA) is 63.4 Å². The van der Waals surface area contributed by atoms with Crippen LogP contribution in [0.1, 0.15) is 32.6 Å². The molecule has 2 unspecified atom stereocenters. The van der Waals surface area contributed by atoms with Crippen molar-refractivity contribution in [1.29, 1.82) is 0 Å². The van der Waals surface area contributed by atoms with Crippen molar-refractivity contribution in [2.45, 2.75) is 49.9 Å². The normalized spacial score (nSPS) is 27.6. The molecule has 4 nitrogen and oxygen atoms in total. The lowest BCUT2D eigenvalue weighted by molar-refractivity contribution is -0.138. The summed E-state index contributed by atoms with van der Waals surface area (Å²) in [6.45, 7) is 2.03. The third-order valence-corrected chi connectivity index (χ3v) is 4.48. The summed E-state index contributed by atoms with van der Waals surface area (Å²) in [4.78, 5) is 25.1. The van der Waals surface area contributed by atoms with Crippen LogP contribution in [0.15, 0.2) is 0 Å². The van der Waals surface area contributed by atoms with E-state index >= 15 is 0 Å². The van der Waals surface area contributed by atoms with Gasteiger partial charge in [-0.25, -0.2) is 0 Å². The molecule has 0 aromatic heterocycles. The molecule has 0 aromatic carbocycles. The van der Waals surface area contributed by atoms with Gasteiger partial charge in [-0.15, -0.1) is 11.8 Å². The highest BCUT2D eigenvalue weighted by Crippen LogP contribution is 2.35. The molecule has 1 aliphatic carbocycles. The highest BCUT2D eigenvalue weighted by molar-refractivity contribution is 8.00. The molecule has 0 spiro atoms. The minimum absolute atomic E-state index is 0.00932. The van der Waals surface area contributed by atoms with Gasteiger partial charge in [0.15, 0.2) is 0 Å². The second-order valence-electron chi connectivity index (χ2n) is 4.53. The molecule has 0 bridgehead atoms. The Morgan fingerprint density at radius 2 is 2.19 bits per heavy atom. The zero-order valence-electron chi connectivity index (χ0n) is 9.52. The third-order valence-electron chi connectivity index (χ3n) is 3.09. The Labute approximate surface area is 99.9 Å². The van der Waals surface area contributed by atoms with E-state index in [1.54, 1.807) is 11.8 Å². The van der Waals surface area contributed by atoms with Crippen LogP contribution in [0.5, 0.6) is 0 Å². The van der Waals surface area contributed by atoms with E-state index in [-0.39, 0.29) is 29.1 Å². The number of likely N-dealkylation sites (tertiary alicyclic amines) is 1. The molecule has 2 aliphatic rings. The van der Waals surface area contributed by atoms with Crippen LogP contribution < -0.4 is 5.73 Å². The number of nitrogens with zero attached hydrogens (tertiary/aromatic N) is 1. The Bertz CT molecular complexity index is 304. The molecule has 2 atom stereocenters. The standard InChI is InChI=1S/C11H18N2O2S/c1-2-7(12)6-16-9-5-10(14)13(11(9)15)8-3-4-8/h7-9H,2-6,12H2,1H3. The number of amides is 2. The number of hydrogen-bond acceptors (Lipinski definition) is 4. The first-order valence-corrected chi connectivity index (χ1v) is 6.91. The number of carbonyl (C=O) groups is 2. The van der Waals surface area contributed by atoms with E-state index in [0.29, 0.717) is 6.42 Å².